The Labute approximate surface area is 160 Å². The van der Waals surface area contributed by atoms with Gasteiger partial charge in [0.05, 0.1) is 5.41 Å². The average molecular weight is 379 g/mol. The van der Waals surface area contributed by atoms with Crippen LogP contribution in [0.25, 0.3) is 0 Å². The van der Waals surface area contributed by atoms with E-state index in [0.29, 0.717) is 18.1 Å². The van der Waals surface area contributed by atoms with Gasteiger partial charge in [0.2, 0.25) is 5.91 Å². The van der Waals surface area contributed by atoms with E-state index in [1.807, 2.05) is 61.2 Å². The molecule has 0 unspecified atom stereocenters. The predicted octanol–water partition coefficient (Wildman–Crippen LogP) is 3.99. The minimum Gasteiger partial charge on any atom is -0.340 e. The largest absolute Gasteiger partial charge is 0.340 e. The summed E-state index contributed by atoms with van der Waals surface area (Å²) in [6, 6.07) is 17.7. The van der Waals surface area contributed by atoms with Gasteiger partial charge in [-0.2, -0.15) is 0 Å². The number of rotatable bonds is 3. The van der Waals surface area contributed by atoms with Crippen LogP contribution in [0.2, 0.25) is 5.02 Å². The van der Waals surface area contributed by atoms with Gasteiger partial charge in [0, 0.05) is 30.1 Å². The number of benzene rings is 2. The molecular weight excluding hydrogens is 355 g/mol. The molecule has 0 bridgehead atoms. The Morgan fingerprint density at radius 3 is 2.32 bits per heavy atom. The molecule has 5 heteroatoms. The van der Waals surface area contributed by atoms with Crippen molar-refractivity contribution in [3.8, 4) is 0 Å². The molecule has 1 aliphatic heterocycles. The number of nitrogens with zero attached hydrogens (tertiary/aromatic N) is 1. The standard InChI is InChI=1S/C20H23ClN2O.ClH/c1-20(2,16-10-6-7-11-17(16)21)19(24)23-12-15(18(22)13-23)14-8-4-3-5-9-14;/h3-11,15,18H,12-13,22H2,1-2H3;1H/t15-,18+;/m0./s1. The van der Waals surface area contributed by atoms with E-state index in [-0.39, 0.29) is 30.3 Å². The number of hydrogen-bond donors (Lipinski definition) is 1. The fourth-order valence-corrected chi connectivity index (χ4v) is 3.90. The smallest absolute Gasteiger partial charge is 0.232 e. The van der Waals surface area contributed by atoms with Crippen LogP contribution in [0.1, 0.15) is 30.9 Å². The zero-order chi connectivity index (χ0) is 17.3. The van der Waals surface area contributed by atoms with Gasteiger partial charge in [-0.05, 0) is 31.0 Å². The van der Waals surface area contributed by atoms with Crippen LogP contribution in [0.15, 0.2) is 54.6 Å². The quantitative estimate of drug-likeness (QED) is 0.877. The molecule has 1 aliphatic rings. The van der Waals surface area contributed by atoms with E-state index in [0.717, 1.165) is 5.56 Å². The van der Waals surface area contributed by atoms with Crippen LogP contribution in [0.5, 0.6) is 0 Å². The van der Waals surface area contributed by atoms with Gasteiger partial charge in [-0.15, -0.1) is 12.4 Å². The van der Waals surface area contributed by atoms with E-state index >= 15 is 0 Å². The average Bonchev–Trinajstić information content (AvgIpc) is 2.97. The Morgan fingerprint density at radius 2 is 1.68 bits per heavy atom. The summed E-state index contributed by atoms with van der Waals surface area (Å²) in [5.74, 6) is 0.252. The van der Waals surface area contributed by atoms with Gasteiger partial charge >= 0.3 is 0 Å². The van der Waals surface area contributed by atoms with Crippen LogP contribution in [-0.4, -0.2) is 29.9 Å². The summed E-state index contributed by atoms with van der Waals surface area (Å²) in [6.45, 7) is 5.08. The number of amides is 1. The van der Waals surface area contributed by atoms with Gasteiger partial charge in [0.1, 0.15) is 0 Å². The number of likely N-dealkylation sites (tertiary alicyclic amines) is 1. The van der Waals surface area contributed by atoms with Crippen LogP contribution in [-0.2, 0) is 10.2 Å². The highest BCUT2D eigenvalue weighted by atomic mass is 35.5. The molecule has 0 aromatic heterocycles. The summed E-state index contributed by atoms with van der Waals surface area (Å²) in [6.07, 6.45) is 0. The maximum absolute atomic E-state index is 13.2. The van der Waals surface area contributed by atoms with Crippen LogP contribution >= 0.6 is 24.0 Å². The van der Waals surface area contributed by atoms with Crippen molar-refractivity contribution in [1.82, 2.24) is 4.90 Å². The van der Waals surface area contributed by atoms with Crippen LogP contribution in [0.4, 0.5) is 0 Å². The number of halogens is 2. The molecule has 2 aromatic carbocycles. The maximum atomic E-state index is 13.2. The third-order valence-electron chi connectivity index (χ3n) is 4.96. The van der Waals surface area contributed by atoms with Gasteiger partial charge in [-0.3, -0.25) is 4.79 Å². The minimum atomic E-state index is -0.677. The molecule has 3 rings (SSSR count). The van der Waals surface area contributed by atoms with Gasteiger partial charge in [-0.1, -0.05) is 60.1 Å². The van der Waals surface area contributed by atoms with Crippen LogP contribution in [0.3, 0.4) is 0 Å². The van der Waals surface area contributed by atoms with Crippen molar-refractivity contribution in [2.24, 2.45) is 5.73 Å². The Bertz CT molecular complexity index is 733. The van der Waals surface area contributed by atoms with E-state index in [1.165, 1.54) is 5.56 Å². The lowest BCUT2D eigenvalue weighted by Crippen LogP contribution is -2.43. The fourth-order valence-electron chi connectivity index (χ4n) is 3.53. The first-order valence-corrected chi connectivity index (χ1v) is 8.64. The van der Waals surface area contributed by atoms with Gasteiger partial charge in [0.25, 0.3) is 0 Å². The first kappa shape index (κ1) is 19.8. The molecule has 0 spiro atoms. The highest BCUT2D eigenvalue weighted by Crippen LogP contribution is 2.34. The topological polar surface area (TPSA) is 46.3 Å². The van der Waals surface area contributed by atoms with E-state index in [4.69, 9.17) is 17.3 Å². The summed E-state index contributed by atoms with van der Waals surface area (Å²) in [5, 5.41) is 0.624. The lowest BCUT2D eigenvalue weighted by atomic mass is 9.83. The summed E-state index contributed by atoms with van der Waals surface area (Å²) in [7, 11) is 0. The van der Waals surface area contributed by atoms with Crippen molar-refractivity contribution >= 4 is 29.9 Å². The Morgan fingerprint density at radius 1 is 1.08 bits per heavy atom. The van der Waals surface area contributed by atoms with Crippen molar-refractivity contribution in [3.63, 3.8) is 0 Å². The molecule has 2 atom stereocenters. The Hall–Kier alpha value is -1.55. The molecule has 3 nitrogen and oxygen atoms in total. The summed E-state index contributed by atoms with van der Waals surface area (Å²) >= 11 is 6.32. The molecule has 2 N–H and O–H groups in total. The molecule has 1 fully saturated rings. The molecule has 2 aromatic rings. The molecule has 0 radical (unpaired) electrons. The fraction of sp³-hybridized carbons (Fsp3) is 0.350. The number of nitrogens with two attached hydrogens (primary N) is 1. The summed E-state index contributed by atoms with van der Waals surface area (Å²) < 4.78 is 0. The SMILES string of the molecule is CC(C)(C(=O)N1C[C@@H](N)[C@H](c2ccccc2)C1)c1ccccc1Cl.Cl. The van der Waals surface area contributed by atoms with Crippen molar-refractivity contribution < 1.29 is 4.79 Å². The molecule has 134 valence electrons. The van der Waals surface area contributed by atoms with Gasteiger partial charge < -0.3 is 10.6 Å². The summed E-state index contributed by atoms with van der Waals surface area (Å²) in [5.41, 5.74) is 7.70. The zero-order valence-corrected chi connectivity index (χ0v) is 16.1. The first-order chi connectivity index (χ1) is 11.4. The molecule has 1 amide bonds. The molecule has 1 heterocycles. The van der Waals surface area contributed by atoms with Gasteiger partial charge in [-0.25, -0.2) is 0 Å². The first-order valence-electron chi connectivity index (χ1n) is 8.26. The van der Waals surface area contributed by atoms with Crippen molar-refractivity contribution in [1.29, 1.82) is 0 Å². The second kappa shape index (κ2) is 7.77. The normalized spacial score (nSPS) is 20.2. The Kier molecular flexibility index (Phi) is 6.15. The Balaban J connectivity index is 0.00000225. The molecule has 1 saturated heterocycles. The van der Waals surface area contributed by atoms with Crippen LogP contribution < -0.4 is 5.73 Å². The van der Waals surface area contributed by atoms with Gasteiger partial charge in [0.15, 0.2) is 0 Å². The van der Waals surface area contributed by atoms with E-state index in [9.17, 15) is 4.79 Å². The number of hydrogen-bond acceptors (Lipinski definition) is 2. The molecule has 0 saturated carbocycles. The molecular formula is C20H24Cl2N2O. The van der Waals surface area contributed by atoms with E-state index in [2.05, 4.69) is 12.1 Å². The van der Waals surface area contributed by atoms with E-state index in [1.54, 1.807) is 0 Å². The number of carbonyl (C=O) groups excluding carboxylic acids is 1. The van der Waals surface area contributed by atoms with E-state index < -0.39 is 5.41 Å². The monoisotopic (exact) mass is 378 g/mol. The minimum absolute atomic E-state index is 0. The highest BCUT2D eigenvalue weighted by Gasteiger charge is 2.41. The van der Waals surface area contributed by atoms with Crippen LogP contribution in [0, 0.1) is 0 Å². The number of carbonyl (C=O) groups is 1. The highest BCUT2D eigenvalue weighted by molar-refractivity contribution is 6.31. The second-order valence-electron chi connectivity index (χ2n) is 7.00. The summed E-state index contributed by atoms with van der Waals surface area (Å²) in [4.78, 5) is 15.0. The lowest BCUT2D eigenvalue weighted by Gasteiger charge is -2.30. The molecule has 0 aliphatic carbocycles. The van der Waals surface area contributed by atoms with Crippen molar-refractivity contribution in [2.45, 2.75) is 31.2 Å². The lowest BCUT2D eigenvalue weighted by molar-refractivity contribution is -0.135. The van der Waals surface area contributed by atoms with Crippen molar-refractivity contribution in [2.75, 3.05) is 13.1 Å². The zero-order valence-electron chi connectivity index (χ0n) is 14.5. The second-order valence-corrected chi connectivity index (χ2v) is 7.40. The molecule has 25 heavy (non-hydrogen) atoms. The third-order valence-corrected chi connectivity index (χ3v) is 5.29. The predicted molar refractivity (Wildman–Crippen MR) is 105 cm³/mol. The van der Waals surface area contributed by atoms with Crippen molar-refractivity contribution in [3.05, 3.63) is 70.7 Å². The third kappa shape index (κ3) is 3.84. The maximum Gasteiger partial charge on any atom is 0.232 e.